The monoisotopic (exact) mass is 438 g/mol. The van der Waals surface area contributed by atoms with Crippen LogP contribution in [0, 0.1) is 11.3 Å². The van der Waals surface area contributed by atoms with E-state index in [4.69, 9.17) is 10.00 Å². The van der Waals surface area contributed by atoms with Gasteiger partial charge in [0.2, 0.25) is 5.01 Å². The van der Waals surface area contributed by atoms with Gasteiger partial charge >= 0.3 is 6.18 Å². The Morgan fingerprint density at radius 1 is 1.27 bits per heavy atom. The quantitative estimate of drug-likeness (QED) is 0.733. The van der Waals surface area contributed by atoms with Gasteiger partial charge in [-0.3, -0.25) is 4.79 Å². The Morgan fingerprint density at radius 3 is 2.53 bits per heavy atom. The topological polar surface area (TPSA) is 87.9 Å². The molecule has 1 aliphatic carbocycles. The number of benzene rings is 1. The minimum Gasteiger partial charge on any atom is -0.490 e. The molecule has 1 heterocycles. The lowest BCUT2D eigenvalue weighted by Crippen LogP contribution is -2.39. The summed E-state index contributed by atoms with van der Waals surface area (Å²) in [6.45, 7) is 3.96. The van der Waals surface area contributed by atoms with Crippen molar-refractivity contribution in [3.63, 3.8) is 0 Å². The molecule has 160 valence electrons. The van der Waals surface area contributed by atoms with Crippen LogP contribution in [-0.2, 0) is 6.18 Å². The number of nitriles is 1. The van der Waals surface area contributed by atoms with E-state index in [0.717, 1.165) is 17.1 Å². The molecule has 6 nitrogen and oxygen atoms in total. The molecule has 1 aromatic carbocycles. The van der Waals surface area contributed by atoms with Gasteiger partial charge in [0.15, 0.2) is 0 Å². The Kier molecular flexibility index (Phi) is 6.61. The lowest BCUT2D eigenvalue weighted by atomic mass is 9.93. The van der Waals surface area contributed by atoms with Crippen molar-refractivity contribution in [1.82, 2.24) is 15.5 Å². The van der Waals surface area contributed by atoms with Gasteiger partial charge < -0.3 is 10.1 Å². The molecule has 0 unspecified atom stereocenters. The van der Waals surface area contributed by atoms with Gasteiger partial charge in [-0.2, -0.15) is 18.4 Å². The van der Waals surface area contributed by atoms with Gasteiger partial charge in [0.05, 0.1) is 23.3 Å². The van der Waals surface area contributed by atoms with Crippen LogP contribution in [0.2, 0.25) is 0 Å². The highest BCUT2D eigenvalue weighted by Crippen LogP contribution is 2.35. The number of hydrogen-bond acceptors (Lipinski definition) is 6. The van der Waals surface area contributed by atoms with Crippen LogP contribution in [0.4, 0.5) is 13.2 Å². The molecule has 3 rings (SSSR count). The number of amides is 1. The van der Waals surface area contributed by atoms with Crippen LogP contribution in [-0.4, -0.2) is 28.3 Å². The molecule has 1 fully saturated rings. The number of alkyl halides is 3. The summed E-state index contributed by atoms with van der Waals surface area (Å²) in [5.41, 5.74) is -1.43. The van der Waals surface area contributed by atoms with Crippen molar-refractivity contribution in [2.45, 2.75) is 63.8 Å². The first-order chi connectivity index (χ1) is 14.2. The average Bonchev–Trinajstić information content (AvgIpc) is 3.19. The predicted molar refractivity (Wildman–Crippen MR) is 104 cm³/mol. The highest BCUT2D eigenvalue weighted by molar-refractivity contribution is 7.13. The Morgan fingerprint density at radius 2 is 1.97 bits per heavy atom. The van der Waals surface area contributed by atoms with Gasteiger partial charge in [-0.15, -0.1) is 10.2 Å². The zero-order chi connectivity index (χ0) is 21.9. The molecule has 0 saturated heterocycles. The first kappa shape index (κ1) is 22.0. The third-order valence-corrected chi connectivity index (χ3v) is 6.08. The molecule has 2 aromatic rings. The summed E-state index contributed by atoms with van der Waals surface area (Å²) in [6.07, 6.45) is -2.38. The highest BCUT2D eigenvalue weighted by atomic mass is 32.1. The normalized spacial score (nSPS) is 19.4. The molecule has 0 aliphatic heterocycles. The van der Waals surface area contributed by atoms with Gasteiger partial charge in [0.25, 0.3) is 5.91 Å². The number of aromatic nitrogens is 2. The first-order valence-electron chi connectivity index (χ1n) is 9.59. The Balaban J connectivity index is 1.54. The third-order valence-electron chi connectivity index (χ3n) is 4.86. The summed E-state index contributed by atoms with van der Waals surface area (Å²) >= 11 is 1.27. The van der Waals surface area contributed by atoms with Crippen LogP contribution in [0.5, 0.6) is 5.75 Å². The van der Waals surface area contributed by atoms with Crippen molar-refractivity contribution in [3.05, 3.63) is 39.3 Å². The Labute approximate surface area is 176 Å². The van der Waals surface area contributed by atoms with Crippen molar-refractivity contribution in [3.8, 4) is 11.8 Å². The van der Waals surface area contributed by atoms with Crippen molar-refractivity contribution in [1.29, 1.82) is 5.26 Å². The molecule has 0 atom stereocenters. The van der Waals surface area contributed by atoms with E-state index in [-0.39, 0.29) is 29.7 Å². The van der Waals surface area contributed by atoms with E-state index in [1.807, 2.05) is 13.8 Å². The maximum atomic E-state index is 13.1. The van der Waals surface area contributed by atoms with E-state index < -0.39 is 17.3 Å². The van der Waals surface area contributed by atoms with Crippen molar-refractivity contribution < 1.29 is 22.7 Å². The molecule has 1 aromatic heterocycles. The third kappa shape index (κ3) is 5.27. The highest BCUT2D eigenvalue weighted by Gasteiger charge is 2.34. The zero-order valence-electron chi connectivity index (χ0n) is 16.5. The smallest absolute Gasteiger partial charge is 0.417 e. The Bertz CT molecular complexity index is 944. The number of carbonyl (C=O) groups excluding carboxylic acids is 1. The number of halogens is 3. The molecular formula is C20H21F3N4O2S. The van der Waals surface area contributed by atoms with Gasteiger partial charge in [-0.25, -0.2) is 0 Å². The summed E-state index contributed by atoms with van der Waals surface area (Å²) < 4.78 is 45.0. The molecule has 30 heavy (non-hydrogen) atoms. The largest absolute Gasteiger partial charge is 0.490 e. The lowest BCUT2D eigenvalue weighted by Gasteiger charge is -2.29. The van der Waals surface area contributed by atoms with Crippen LogP contribution in [0.15, 0.2) is 18.2 Å². The van der Waals surface area contributed by atoms with Crippen LogP contribution in [0.1, 0.15) is 71.4 Å². The number of ether oxygens (including phenoxy) is 1. The van der Waals surface area contributed by atoms with Gasteiger partial charge in [0.1, 0.15) is 10.8 Å². The number of nitrogens with one attached hydrogen (secondary N) is 1. The first-order valence-corrected chi connectivity index (χ1v) is 10.4. The minimum absolute atomic E-state index is 0.0459. The molecule has 10 heteroatoms. The van der Waals surface area contributed by atoms with Crippen LogP contribution >= 0.6 is 11.3 Å². The van der Waals surface area contributed by atoms with Crippen molar-refractivity contribution in [2.75, 3.05) is 0 Å². The molecule has 1 aliphatic rings. The Hall–Kier alpha value is -2.67. The zero-order valence-corrected chi connectivity index (χ0v) is 17.3. The number of carbonyl (C=O) groups is 1. The predicted octanol–water partition coefficient (Wildman–Crippen LogP) is 4.67. The fourth-order valence-corrected chi connectivity index (χ4v) is 4.00. The van der Waals surface area contributed by atoms with E-state index in [1.54, 1.807) is 6.07 Å². The van der Waals surface area contributed by atoms with Crippen LogP contribution in [0.3, 0.4) is 0 Å². The number of nitrogens with zero attached hydrogens (tertiary/aromatic N) is 3. The van der Waals surface area contributed by atoms with Crippen LogP contribution in [0.25, 0.3) is 0 Å². The molecule has 1 amide bonds. The fourth-order valence-electron chi connectivity index (χ4n) is 3.25. The molecule has 0 radical (unpaired) electrons. The lowest BCUT2D eigenvalue weighted by molar-refractivity contribution is -0.137. The summed E-state index contributed by atoms with van der Waals surface area (Å²) in [6, 6.07) is 4.88. The number of hydrogen-bond donors (Lipinski definition) is 1. The second-order valence-corrected chi connectivity index (χ2v) is 8.49. The summed E-state index contributed by atoms with van der Waals surface area (Å²) in [5.74, 6) is 0.0336. The summed E-state index contributed by atoms with van der Waals surface area (Å²) in [7, 11) is 0. The second kappa shape index (κ2) is 9.00. The average molecular weight is 438 g/mol. The summed E-state index contributed by atoms with van der Waals surface area (Å²) in [5, 5.41) is 20.9. The van der Waals surface area contributed by atoms with Crippen LogP contribution < -0.4 is 10.1 Å². The van der Waals surface area contributed by atoms with E-state index in [2.05, 4.69) is 15.5 Å². The van der Waals surface area contributed by atoms with E-state index >= 15 is 0 Å². The maximum absolute atomic E-state index is 13.1. The molecule has 1 N–H and O–H groups in total. The molecule has 0 bridgehead atoms. The molecule has 1 saturated carbocycles. The van der Waals surface area contributed by atoms with E-state index in [0.29, 0.717) is 30.7 Å². The van der Waals surface area contributed by atoms with Gasteiger partial charge in [0, 0.05) is 12.0 Å². The summed E-state index contributed by atoms with van der Waals surface area (Å²) in [4.78, 5) is 12.3. The molecular weight excluding hydrogens is 417 g/mol. The standard InChI is InChI=1S/C20H21F3N4O2S/c1-11(2)18-26-27-19(30-18)17(28)25-13-4-7-14(8-5-13)29-15-6-3-12(10-24)16(9-15)20(21,22)23/h3,6,9,11,13-14H,4-5,7-8H2,1-2H3,(H,25,28). The van der Waals surface area contributed by atoms with E-state index in [1.165, 1.54) is 17.4 Å². The van der Waals surface area contributed by atoms with E-state index in [9.17, 15) is 18.0 Å². The van der Waals surface area contributed by atoms with Gasteiger partial charge in [-0.05, 0) is 43.9 Å². The SMILES string of the molecule is CC(C)c1nnc(C(=O)NC2CCC(Oc3ccc(C#N)c(C(F)(F)F)c3)CC2)s1. The fraction of sp³-hybridized carbons (Fsp3) is 0.500. The van der Waals surface area contributed by atoms with Crippen molar-refractivity contribution >= 4 is 17.2 Å². The minimum atomic E-state index is -4.62. The van der Waals surface area contributed by atoms with Crippen molar-refractivity contribution in [2.24, 2.45) is 0 Å². The molecule has 0 spiro atoms. The number of rotatable bonds is 5. The second-order valence-electron chi connectivity index (χ2n) is 7.48. The van der Waals surface area contributed by atoms with Gasteiger partial charge in [-0.1, -0.05) is 25.2 Å². The maximum Gasteiger partial charge on any atom is 0.417 e.